The minimum Gasteiger partial charge on any atom is -0.437 e. The van der Waals surface area contributed by atoms with Crippen molar-refractivity contribution >= 4 is 101 Å². The van der Waals surface area contributed by atoms with Gasteiger partial charge in [-0.1, -0.05) is 218 Å². The van der Waals surface area contributed by atoms with Gasteiger partial charge in [-0.2, -0.15) is 0 Å². The lowest BCUT2D eigenvalue weighted by Gasteiger charge is -2.44. The normalized spacial score (nSPS) is 14.3. The molecule has 0 fully saturated rings. The third-order valence-electron chi connectivity index (χ3n) is 18.7. The number of fused-ring (bicyclic) bond motifs is 3. The van der Waals surface area contributed by atoms with Crippen LogP contribution in [0.1, 0.15) is 57.3 Å². The molecular weight excluding hydrogens is 1440 g/mol. The second-order valence-electron chi connectivity index (χ2n) is 31.4. The highest BCUT2D eigenvalue weighted by atomic mass is 28.5. The smallest absolute Gasteiger partial charge is 0.437 e. The van der Waals surface area contributed by atoms with Gasteiger partial charge in [0.1, 0.15) is 23.0 Å². The molecule has 12 nitrogen and oxygen atoms in total. The maximum Gasteiger partial charge on any atom is 0.519 e. The summed E-state index contributed by atoms with van der Waals surface area (Å²) in [6.45, 7) is 34.9. The first-order valence-electron chi connectivity index (χ1n) is 36.6. The second kappa shape index (κ2) is 32.4. The fourth-order valence-electron chi connectivity index (χ4n) is 15.0. The number of benzene rings is 10. The maximum atomic E-state index is 14.2. The monoisotopic (exact) mass is 1540 g/mol. The summed E-state index contributed by atoms with van der Waals surface area (Å²) in [6.07, 6.45) is 1.19. The number of rotatable bonds is 30. The Morgan fingerprint density at radius 3 is 1.10 bits per heavy atom. The molecule has 10 aromatic rings. The summed E-state index contributed by atoms with van der Waals surface area (Å²) in [4.78, 5) is 28.5. The van der Waals surface area contributed by atoms with E-state index in [1.807, 2.05) is 111 Å². The topological polar surface area (TPSA) is 126 Å². The van der Waals surface area contributed by atoms with Gasteiger partial charge in [-0.25, -0.2) is 9.59 Å². The third-order valence-corrected chi connectivity index (χ3v) is 48.4. The third kappa shape index (κ3) is 19.3. The van der Waals surface area contributed by atoms with Crippen LogP contribution < -0.4 is 39.7 Å². The van der Waals surface area contributed by atoms with Crippen LogP contribution in [0, 0.1) is 13.8 Å². The average molecular weight is 1540 g/mol. The molecule has 0 heterocycles. The molecule has 0 N–H and O–H groups in total. The first-order valence-corrected chi connectivity index (χ1v) is 58.9. The fourth-order valence-corrected chi connectivity index (χ4v) is 51.4. The molecule has 20 heteroatoms. The molecule has 0 saturated carbocycles. The van der Waals surface area contributed by atoms with Gasteiger partial charge in [-0.05, 0) is 256 Å². The van der Waals surface area contributed by atoms with Gasteiger partial charge in [-0.15, -0.1) is 0 Å². The number of carbonyl (C=O) groups excluding carboxylic acids is 2. The van der Waals surface area contributed by atoms with Crippen LogP contribution >= 0.6 is 0 Å². The number of hydrogen-bond acceptors (Lipinski definition) is 12. The molecule has 0 amide bonds. The number of carbonyl (C=O) groups is 2. The molecule has 1 aliphatic carbocycles. The molecular formula is C85H102O12Si8. The summed E-state index contributed by atoms with van der Waals surface area (Å²) in [7, 11) is -21.0. The molecule has 0 radical (unpaired) electrons. The van der Waals surface area contributed by atoms with E-state index in [0.29, 0.717) is 35.8 Å². The van der Waals surface area contributed by atoms with Crippen LogP contribution in [-0.2, 0) is 42.9 Å². The summed E-state index contributed by atoms with van der Waals surface area (Å²) >= 11 is 0. The molecule has 0 aliphatic heterocycles. The maximum absolute atomic E-state index is 14.2. The largest absolute Gasteiger partial charge is 0.519 e. The fraction of sp³-hybridized carbons (Fsp3) is 0.271. The van der Waals surface area contributed by atoms with E-state index < -0.39 is 85.2 Å². The highest BCUT2D eigenvalue weighted by molar-refractivity contribution is 7.03. The highest BCUT2D eigenvalue weighted by Crippen LogP contribution is 2.57. The van der Waals surface area contributed by atoms with Crippen molar-refractivity contribution in [1.29, 1.82) is 0 Å². The van der Waals surface area contributed by atoms with Gasteiger partial charge in [0.05, 0.1) is 5.41 Å². The minimum atomic E-state index is -3.30. The first kappa shape index (κ1) is 78.3. The van der Waals surface area contributed by atoms with Crippen molar-refractivity contribution in [2.75, 3.05) is 0 Å². The van der Waals surface area contributed by atoms with Gasteiger partial charge in [0.15, 0.2) is 25.0 Å². The van der Waals surface area contributed by atoms with Crippen LogP contribution in [0.15, 0.2) is 255 Å². The predicted molar refractivity (Wildman–Crippen MR) is 445 cm³/mol. The van der Waals surface area contributed by atoms with Crippen molar-refractivity contribution in [3.8, 4) is 34.1 Å². The summed E-state index contributed by atoms with van der Waals surface area (Å²) in [5.74, 6) is 1.41. The molecule has 0 saturated heterocycles. The van der Waals surface area contributed by atoms with E-state index in [1.54, 1.807) is 12.1 Å². The first-order chi connectivity index (χ1) is 49.7. The molecule has 105 heavy (non-hydrogen) atoms. The second-order valence-corrected chi connectivity index (χ2v) is 63.0. The van der Waals surface area contributed by atoms with Gasteiger partial charge >= 0.3 is 46.6 Å². The van der Waals surface area contributed by atoms with E-state index in [2.05, 4.69) is 237 Å². The van der Waals surface area contributed by atoms with Crippen molar-refractivity contribution in [3.63, 3.8) is 0 Å². The predicted octanol–water partition coefficient (Wildman–Crippen LogP) is 19.8. The van der Waals surface area contributed by atoms with Crippen LogP contribution in [0.25, 0.3) is 11.1 Å². The highest BCUT2D eigenvalue weighted by Gasteiger charge is 2.54. The lowest BCUT2D eigenvalue weighted by molar-refractivity contribution is 0.150. The SMILES string of the molecule is Cc1ccc(C2(c3ccc(C)c(OC(=O)Oc4cccc(CCC[Si](C)(O[Si](C)(C)C)O[Si](O[Si](C)(C)C)(c5ccccc5)c5ccccc5)c4)c3)c3ccccc3-c3ccccc32)cc1OC(=O)Oc1cccc(CCC[Si](C)(O[Si](C)(C)O[Si](C)(C)C)O[Si](C)(c2ccccc2)c2ccccc2)c1. The molecule has 2 atom stereocenters. The quantitative estimate of drug-likeness (QED) is 0.0242. The Balaban J connectivity index is 0.807. The van der Waals surface area contributed by atoms with Crippen molar-refractivity contribution in [2.24, 2.45) is 0 Å². The summed E-state index contributed by atoms with van der Waals surface area (Å²) in [5.41, 5.74) is 8.30. The Bertz CT molecular complexity index is 4400. The van der Waals surface area contributed by atoms with Gasteiger partial charge in [0, 0.05) is 0 Å². The lowest BCUT2D eigenvalue weighted by atomic mass is 9.67. The molecule has 546 valence electrons. The van der Waals surface area contributed by atoms with Crippen LogP contribution in [-0.4, -0.2) is 79.8 Å². The van der Waals surface area contributed by atoms with E-state index in [4.69, 9.17) is 43.6 Å². The molecule has 1 aliphatic rings. The summed E-state index contributed by atoms with van der Waals surface area (Å²) < 4.78 is 68.8. The zero-order valence-corrected chi connectivity index (χ0v) is 71.9. The molecule has 11 rings (SSSR count). The van der Waals surface area contributed by atoms with E-state index in [9.17, 15) is 9.59 Å². The van der Waals surface area contributed by atoms with Crippen molar-refractivity contribution in [1.82, 2.24) is 0 Å². The van der Waals surface area contributed by atoms with E-state index in [0.717, 1.165) is 90.9 Å². The van der Waals surface area contributed by atoms with Crippen molar-refractivity contribution < 1.29 is 53.2 Å². The number of hydrogen-bond donors (Lipinski definition) is 0. The molecule has 2 unspecified atom stereocenters. The Morgan fingerprint density at radius 2 is 0.705 bits per heavy atom. The Hall–Kier alpha value is -7.76. The molecule has 0 bridgehead atoms. The zero-order chi connectivity index (χ0) is 75.1. The Morgan fingerprint density at radius 1 is 0.333 bits per heavy atom. The zero-order valence-electron chi connectivity index (χ0n) is 63.9. The van der Waals surface area contributed by atoms with Gasteiger partial charge in [0.25, 0.3) is 0 Å². The van der Waals surface area contributed by atoms with Crippen molar-refractivity contribution in [2.45, 2.75) is 149 Å². The number of ether oxygens (including phenoxy) is 4. The Kier molecular flexibility index (Phi) is 24.1. The van der Waals surface area contributed by atoms with Crippen LogP contribution in [0.2, 0.25) is 104 Å². The molecule has 0 aromatic heterocycles. The standard InChI is InChI=1S/C85H102O12Si8/c1-65-55-57-69(63-81(65)90-83(86)88-71-41-33-37-67(61-71)39-35-59-102(14,93-99(6,7)8)97-105(94-100(9,10)11,75-47-25-19-26-48-75)76-49-27-20-28-50-76)85(79-53-31-29-51-77(79)78-52-30-32-54-80(78)85)70-58-56-66(2)82(64-70)91-84(87)89-72-42-34-38-68(62-72)40-36-60-103(15,95-101(12,13)92-98(3,4)5)96-104(16,73-43-21-17-22-44-73)74-45-23-18-24-46-74/h17-34,37-38,41-58,61-64H,35-36,39-40,59-60H2,1-16H3. The molecule has 0 spiro atoms. The average Bonchev–Trinajstić information content (AvgIpc) is 1.55. The van der Waals surface area contributed by atoms with Crippen molar-refractivity contribution in [3.05, 3.63) is 299 Å². The minimum absolute atomic E-state index is 0.339. The molecule has 10 aromatic carbocycles. The van der Waals surface area contributed by atoms with Crippen LogP contribution in [0.5, 0.6) is 23.0 Å². The lowest BCUT2D eigenvalue weighted by Crippen LogP contribution is -2.71. The summed E-state index contributed by atoms with van der Waals surface area (Å²) in [5, 5.41) is 4.51. The van der Waals surface area contributed by atoms with E-state index in [1.165, 1.54) is 10.4 Å². The van der Waals surface area contributed by atoms with Crippen LogP contribution in [0.3, 0.4) is 0 Å². The van der Waals surface area contributed by atoms with Gasteiger partial charge in [-0.3, -0.25) is 0 Å². The Labute approximate surface area is 631 Å². The van der Waals surface area contributed by atoms with E-state index >= 15 is 0 Å². The van der Waals surface area contributed by atoms with E-state index in [-0.39, 0.29) is 0 Å². The van der Waals surface area contributed by atoms with Crippen LogP contribution in [0.4, 0.5) is 9.59 Å². The van der Waals surface area contributed by atoms with Gasteiger partial charge < -0.3 is 43.6 Å². The van der Waals surface area contributed by atoms with Gasteiger partial charge in [0.2, 0.25) is 8.32 Å². The summed E-state index contributed by atoms with van der Waals surface area (Å²) in [6, 6.07) is 87.6. The number of aryl methyl sites for hydroxylation is 4.